The van der Waals surface area contributed by atoms with Crippen molar-refractivity contribution < 1.29 is 5.11 Å². The molecule has 0 atom stereocenters. The summed E-state index contributed by atoms with van der Waals surface area (Å²) in [6, 6.07) is 13.7. The van der Waals surface area contributed by atoms with Crippen LogP contribution in [0.2, 0.25) is 0 Å². The third kappa shape index (κ3) is 12.7. The molecule has 0 bridgehead atoms. The van der Waals surface area contributed by atoms with Crippen LogP contribution in [-0.4, -0.2) is 11.7 Å². The fourth-order valence-electron chi connectivity index (χ4n) is 2.57. The van der Waals surface area contributed by atoms with Crippen LogP contribution in [0.4, 0.5) is 5.69 Å². The number of aromatic hydroxyl groups is 1. The van der Waals surface area contributed by atoms with Crippen LogP contribution in [0.15, 0.2) is 61.3 Å². The van der Waals surface area contributed by atoms with Crippen LogP contribution < -0.4 is 4.90 Å². The molecule has 2 nitrogen and oxygen atoms in total. The van der Waals surface area contributed by atoms with E-state index in [0.29, 0.717) is 5.75 Å². The van der Waals surface area contributed by atoms with Crippen molar-refractivity contribution in [2.45, 2.75) is 81.1 Å². The molecule has 0 saturated heterocycles. The normalized spacial score (nSPS) is 9.03. The Balaban J connectivity index is 0. The number of phenols is 1. The molecule has 2 aromatic carbocycles. The van der Waals surface area contributed by atoms with Gasteiger partial charge in [-0.15, -0.1) is 0 Å². The van der Waals surface area contributed by atoms with Crippen molar-refractivity contribution in [3.05, 3.63) is 78.0 Å². The molecule has 2 heteroatoms. The molecule has 1 N–H and O–H groups in total. The monoisotopic (exact) mass is 425 g/mol. The Morgan fingerprint density at radius 1 is 0.903 bits per heavy atom. The van der Waals surface area contributed by atoms with Gasteiger partial charge in [-0.3, -0.25) is 0 Å². The van der Waals surface area contributed by atoms with Crippen LogP contribution in [0.1, 0.15) is 83.9 Å². The molecule has 0 unspecified atom stereocenters. The third-order valence-electron chi connectivity index (χ3n) is 4.63. The van der Waals surface area contributed by atoms with Crippen LogP contribution in [0.5, 0.6) is 5.75 Å². The maximum Gasteiger partial charge on any atom is 0.117 e. The summed E-state index contributed by atoms with van der Waals surface area (Å²) in [6.07, 6.45) is 6.50. The van der Waals surface area contributed by atoms with E-state index < -0.39 is 0 Å². The van der Waals surface area contributed by atoms with Gasteiger partial charge in [0, 0.05) is 24.0 Å². The van der Waals surface area contributed by atoms with Gasteiger partial charge >= 0.3 is 0 Å². The van der Waals surface area contributed by atoms with Gasteiger partial charge in [-0.2, -0.15) is 0 Å². The molecular weight excluding hydrogens is 378 g/mol. The van der Waals surface area contributed by atoms with Gasteiger partial charge in [0.1, 0.15) is 5.75 Å². The van der Waals surface area contributed by atoms with Crippen molar-refractivity contribution in [3.8, 4) is 5.75 Å². The maximum atomic E-state index is 9.55. The molecule has 174 valence electrons. The zero-order valence-electron chi connectivity index (χ0n) is 21.5. The first-order valence-corrected chi connectivity index (χ1v) is 11.8. The van der Waals surface area contributed by atoms with Crippen LogP contribution in [0.25, 0.3) is 6.08 Å². The highest BCUT2D eigenvalue weighted by Crippen LogP contribution is 2.28. The van der Waals surface area contributed by atoms with Gasteiger partial charge in [0.2, 0.25) is 0 Å². The molecule has 0 aromatic heterocycles. The van der Waals surface area contributed by atoms with E-state index in [0.717, 1.165) is 30.8 Å². The van der Waals surface area contributed by atoms with Gasteiger partial charge in [0.05, 0.1) is 0 Å². The molecule has 0 aliphatic carbocycles. The quantitative estimate of drug-likeness (QED) is 0.477. The minimum absolute atomic E-state index is 0.311. The van der Waals surface area contributed by atoms with Crippen LogP contribution in [-0.2, 0) is 0 Å². The van der Waals surface area contributed by atoms with E-state index in [2.05, 4.69) is 71.7 Å². The number of phenolic OH excluding ortho intramolecular Hbond substituents is 1. The lowest BCUT2D eigenvalue weighted by atomic mass is 10.1. The van der Waals surface area contributed by atoms with Crippen molar-refractivity contribution in [2.24, 2.45) is 0 Å². The second-order valence-electron chi connectivity index (χ2n) is 7.10. The number of unbranched alkanes of at least 4 members (excludes halogenated alkanes) is 1. The summed E-state index contributed by atoms with van der Waals surface area (Å²) in [5, 5.41) is 9.55. The van der Waals surface area contributed by atoms with Gasteiger partial charge in [-0.25, -0.2) is 0 Å². The first kappa shape index (κ1) is 30.7. The molecule has 0 saturated carbocycles. The Hall–Kier alpha value is -2.48. The predicted molar refractivity (Wildman–Crippen MR) is 143 cm³/mol. The van der Waals surface area contributed by atoms with E-state index in [4.69, 9.17) is 0 Å². The molecule has 2 aromatic rings. The first-order valence-electron chi connectivity index (χ1n) is 11.8. The predicted octanol–water partition coefficient (Wildman–Crippen LogP) is 9.31. The summed E-state index contributed by atoms with van der Waals surface area (Å²) in [7, 11) is 0. The van der Waals surface area contributed by atoms with Crippen LogP contribution in [0.3, 0.4) is 0 Å². The molecule has 0 aliphatic rings. The molecule has 0 aliphatic heterocycles. The number of allylic oxidation sites excluding steroid dienone is 1. The number of aryl methyl sites for hydroxylation is 2. The lowest BCUT2D eigenvalue weighted by molar-refractivity contribution is 0.475. The number of benzene rings is 2. The number of anilines is 1. The Bertz CT molecular complexity index is 731. The minimum Gasteiger partial charge on any atom is -0.508 e. The molecule has 0 spiro atoms. The van der Waals surface area contributed by atoms with Crippen LogP contribution in [0, 0.1) is 13.8 Å². The summed E-state index contributed by atoms with van der Waals surface area (Å²) >= 11 is 0. The summed E-state index contributed by atoms with van der Waals surface area (Å²) < 4.78 is 0. The number of hydrogen-bond acceptors (Lipinski definition) is 2. The fraction of sp³-hybridized carbons (Fsp3) is 0.448. The average Bonchev–Trinajstić information content (AvgIpc) is 2.81. The van der Waals surface area contributed by atoms with E-state index in [1.807, 2.05) is 44.2 Å². The number of nitrogens with zero attached hydrogens (tertiary/aromatic N) is 1. The SMILES string of the molecule is C=C(CC)N(CCC)c1cc(O)ccc1C.C=Cc1ccccc1C.CC.CCCC. The minimum atomic E-state index is 0.311. The average molecular weight is 426 g/mol. The van der Waals surface area contributed by atoms with Gasteiger partial charge < -0.3 is 10.0 Å². The first-order chi connectivity index (χ1) is 14.9. The fourth-order valence-corrected chi connectivity index (χ4v) is 2.57. The largest absolute Gasteiger partial charge is 0.508 e. The highest BCUT2D eigenvalue weighted by atomic mass is 16.3. The lowest BCUT2D eigenvalue weighted by Crippen LogP contribution is -2.23. The third-order valence-corrected chi connectivity index (χ3v) is 4.63. The topological polar surface area (TPSA) is 23.5 Å². The van der Waals surface area contributed by atoms with Gasteiger partial charge in [-0.1, -0.05) is 104 Å². The van der Waals surface area contributed by atoms with Gasteiger partial charge in [-0.05, 0) is 49.4 Å². The zero-order valence-corrected chi connectivity index (χ0v) is 21.5. The second kappa shape index (κ2) is 19.5. The van der Waals surface area contributed by atoms with E-state index in [1.54, 1.807) is 6.07 Å². The Labute approximate surface area is 193 Å². The van der Waals surface area contributed by atoms with Crippen molar-refractivity contribution >= 4 is 11.8 Å². The highest BCUT2D eigenvalue weighted by molar-refractivity contribution is 5.59. The van der Waals surface area contributed by atoms with Crippen molar-refractivity contribution in [3.63, 3.8) is 0 Å². The smallest absolute Gasteiger partial charge is 0.117 e. The second-order valence-corrected chi connectivity index (χ2v) is 7.10. The number of hydrogen-bond donors (Lipinski definition) is 1. The zero-order chi connectivity index (χ0) is 24.2. The number of rotatable bonds is 7. The Morgan fingerprint density at radius 3 is 1.90 bits per heavy atom. The maximum absolute atomic E-state index is 9.55. The molecular formula is C29H47NO. The summed E-state index contributed by atoms with van der Waals surface area (Å²) in [5.74, 6) is 0.311. The molecule has 0 radical (unpaired) electrons. The molecule has 0 fully saturated rings. The van der Waals surface area contributed by atoms with Crippen molar-refractivity contribution in [2.75, 3.05) is 11.4 Å². The van der Waals surface area contributed by atoms with E-state index >= 15 is 0 Å². The molecule has 2 rings (SSSR count). The Morgan fingerprint density at radius 2 is 1.48 bits per heavy atom. The summed E-state index contributed by atoms with van der Waals surface area (Å²) in [4.78, 5) is 2.19. The van der Waals surface area contributed by atoms with E-state index in [1.165, 1.54) is 29.5 Å². The van der Waals surface area contributed by atoms with Gasteiger partial charge in [0.15, 0.2) is 0 Å². The molecule has 0 heterocycles. The standard InChI is InChI=1S/C14H21NO.C9H10.C4H10.C2H6/c1-5-9-15(12(4)6-2)14-10-13(16)8-7-11(14)3;1-3-9-7-5-4-6-8(9)2;1-3-4-2;1-2/h7-8,10,16H,4-6,9H2,1-3H3;3-7H,1H2,2H3;3-4H2,1-2H3;1-2H3. The van der Waals surface area contributed by atoms with Crippen molar-refractivity contribution in [1.82, 2.24) is 0 Å². The molecule has 0 amide bonds. The van der Waals surface area contributed by atoms with Gasteiger partial charge in [0.25, 0.3) is 0 Å². The van der Waals surface area contributed by atoms with E-state index in [-0.39, 0.29) is 0 Å². The lowest BCUT2D eigenvalue weighted by Gasteiger charge is -2.27. The highest BCUT2D eigenvalue weighted by Gasteiger charge is 2.11. The Kier molecular flexibility index (Phi) is 19.3. The van der Waals surface area contributed by atoms with Crippen molar-refractivity contribution in [1.29, 1.82) is 0 Å². The summed E-state index contributed by atoms with van der Waals surface area (Å²) in [6.45, 7) is 25.5. The summed E-state index contributed by atoms with van der Waals surface area (Å²) in [5.41, 5.74) is 5.83. The van der Waals surface area contributed by atoms with Crippen LogP contribution >= 0.6 is 0 Å². The molecule has 31 heavy (non-hydrogen) atoms. The van der Waals surface area contributed by atoms with E-state index in [9.17, 15) is 5.11 Å².